The van der Waals surface area contributed by atoms with Crippen LogP contribution in [0.25, 0.3) is 6.08 Å². The van der Waals surface area contributed by atoms with Crippen LogP contribution in [0.1, 0.15) is 39.2 Å². The minimum atomic E-state index is -0.732. The number of rotatable bonds is 7. The maximum absolute atomic E-state index is 13.2. The first-order valence-electron chi connectivity index (χ1n) is 10.6. The lowest BCUT2D eigenvalue weighted by Gasteiger charge is -2.17. The second-order valence-electron chi connectivity index (χ2n) is 7.84. The van der Waals surface area contributed by atoms with Crippen molar-refractivity contribution in [3.8, 4) is 11.9 Å². The van der Waals surface area contributed by atoms with Crippen LogP contribution in [0.15, 0.2) is 56.8 Å². The van der Waals surface area contributed by atoms with E-state index in [9.17, 15) is 24.8 Å². The largest absolute Gasteiger partial charge is 0.494 e. The number of hydrogen-bond donors (Lipinski definition) is 1. The summed E-state index contributed by atoms with van der Waals surface area (Å²) in [4.78, 5) is 40.5. The van der Waals surface area contributed by atoms with Crippen molar-refractivity contribution < 1.29 is 19.1 Å². The number of nitrogens with zero attached hydrogens (tertiary/aromatic N) is 3. The minimum Gasteiger partial charge on any atom is -0.494 e. The van der Waals surface area contributed by atoms with Gasteiger partial charge in [0.1, 0.15) is 21.7 Å². The molecule has 36 heavy (non-hydrogen) atoms. The molecule has 2 aromatic heterocycles. The number of amides is 1. The summed E-state index contributed by atoms with van der Waals surface area (Å²) in [6.07, 6.45) is 2.92. The number of aromatic nitrogens is 1. The Morgan fingerprint density at radius 3 is 2.64 bits per heavy atom. The monoisotopic (exact) mass is 539 g/mol. The summed E-state index contributed by atoms with van der Waals surface area (Å²) >= 11 is 12.4. The Labute approximate surface area is 220 Å². The van der Waals surface area contributed by atoms with Gasteiger partial charge in [-0.1, -0.05) is 47.7 Å². The number of furan rings is 1. The summed E-state index contributed by atoms with van der Waals surface area (Å²) in [5.74, 6) is -1.07. The fourth-order valence-corrected chi connectivity index (χ4v) is 5.17. The Hall–Kier alpha value is -3.65. The SMILES string of the molecule is Cc1c(C(=O)CCN2C(=O)/C(=C/c3ccc(Cl)cc3)SC2=S)c(O)n(Cc2ccco2)c(=O)c1C#N. The highest BCUT2D eigenvalue weighted by molar-refractivity contribution is 8.26. The predicted octanol–water partition coefficient (Wildman–Crippen LogP) is 4.50. The summed E-state index contributed by atoms with van der Waals surface area (Å²) in [5, 5.41) is 20.9. The summed E-state index contributed by atoms with van der Waals surface area (Å²) in [6.45, 7) is 1.25. The van der Waals surface area contributed by atoms with Crippen molar-refractivity contribution in [3.63, 3.8) is 0 Å². The van der Waals surface area contributed by atoms with Gasteiger partial charge in [-0.25, -0.2) is 0 Å². The zero-order valence-corrected chi connectivity index (χ0v) is 21.2. The van der Waals surface area contributed by atoms with Crippen LogP contribution in [0, 0.1) is 18.3 Å². The molecule has 1 amide bonds. The highest BCUT2D eigenvalue weighted by atomic mass is 35.5. The quantitative estimate of drug-likeness (QED) is 0.265. The van der Waals surface area contributed by atoms with Crippen LogP contribution < -0.4 is 5.56 Å². The third-order valence-corrected chi connectivity index (χ3v) is 7.21. The van der Waals surface area contributed by atoms with E-state index >= 15 is 0 Å². The normalized spacial score (nSPS) is 14.5. The number of hydrogen-bond acceptors (Lipinski definition) is 8. The Morgan fingerprint density at radius 2 is 2.00 bits per heavy atom. The molecule has 0 bridgehead atoms. The van der Waals surface area contributed by atoms with Crippen LogP contribution in [0.4, 0.5) is 0 Å². The number of carbonyl (C=O) groups is 2. The number of ketones is 1. The van der Waals surface area contributed by atoms with E-state index in [1.807, 2.05) is 6.07 Å². The maximum Gasteiger partial charge on any atom is 0.271 e. The molecular weight excluding hydrogens is 522 g/mol. The van der Waals surface area contributed by atoms with E-state index in [0.717, 1.165) is 21.9 Å². The van der Waals surface area contributed by atoms with Gasteiger partial charge in [0.05, 0.1) is 23.3 Å². The molecule has 4 rings (SSSR count). The number of pyridine rings is 1. The molecule has 1 N–H and O–H groups in total. The molecule has 0 saturated carbocycles. The molecule has 1 aromatic carbocycles. The first-order chi connectivity index (χ1) is 17.2. The van der Waals surface area contributed by atoms with Crippen LogP contribution in [0.3, 0.4) is 0 Å². The van der Waals surface area contributed by atoms with Crippen molar-refractivity contribution >= 4 is 57.7 Å². The Kier molecular flexibility index (Phi) is 7.45. The number of thioether (sulfide) groups is 1. The Bertz CT molecular complexity index is 1500. The molecule has 1 aliphatic heterocycles. The first-order valence-corrected chi connectivity index (χ1v) is 12.2. The number of Topliss-reactive ketones (excluding diaryl/α,β-unsaturated/α-hetero) is 1. The fourth-order valence-electron chi connectivity index (χ4n) is 3.73. The third-order valence-electron chi connectivity index (χ3n) is 5.58. The number of benzene rings is 1. The van der Waals surface area contributed by atoms with Crippen LogP contribution >= 0.6 is 35.6 Å². The molecule has 3 heterocycles. The summed E-state index contributed by atoms with van der Waals surface area (Å²) in [5.41, 5.74) is -0.281. The molecule has 0 radical (unpaired) electrons. The number of aromatic hydroxyl groups is 1. The summed E-state index contributed by atoms with van der Waals surface area (Å²) in [7, 11) is 0. The molecule has 3 aromatic rings. The highest BCUT2D eigenvalue weighted by Gasteiger charge is 2.33. The molecule has 0 unspecified atom stereocenters. The van der Waals surface area contributed by atoms with Gasteiger partial charge in [-0.2, -0.15) is 5.26 Å². The highest BCUT2D eigenvalue weighted by Crippen LogP contribution is 2.33. The van der Waals surface area contributed by atoms with Crippen molar-refractivity contribution in [2.24, 2.45) is 0 Å². The van der Waals surface area contributed by atoms with E-state index in [4.69, 9.17) is 28.2 Å². The molecule has 0 spiro atoms. The molecule has 1 aliphatic rings. The van der Waals surface area contributed by atoms with Gasteiger partial charge in [0.15, 0.2) is 5.78 Å². The van der Waals surface area contributed by atoms with E-state index in [2.05, 4.69) is 0 Å². The number of carbonyl (C=O) groups excluding carboxylic acids is 2. The van der Waals surface area contributed by atoms with Crippen LogP contribution in [-0.2, 0) is 11.3 Å². The Balaban J connectivity index is 1.57. The molecule has 182 valence electrons. The minimum absolute atomic E-state index is 0.0282. The third kappa shape index (κ3) is 4.99. The van der Waals surface area contributed by atoms with E-state index in [1.165, 1.54) is 18.1 Å². The lowest BCUT2D eigenvalue weighted by atomic mass is 10.00. The number of thiocarbonyl (C=S) groups is 1. The second-order valence-corrected chi connectivity index (χ2v) is 9.95. The van der Waals surface area contributed by atoms with E-state index in [1.54, 1.807) is 42.5 Å². The number of nitriles is 1. The molecular formula is C25H18ClN3O5S2. The van der Waals surface area contributed by atoms with E-state index in [-0.39, 0.29) is 42.1 Å². The van der Waals surface area contributed by atoms with Gasteiger partial charge in [-0.3, -0.25) is 23.9 Å². The van der Waals surface area contributed by atoms with Crippen molar-refractivity contribution in [1.29, 1.82) is 5.26 Å². The molecule has 1 saturated heterocycles. The molecule has 1 fully saturated rings. The van der Waals surface area contributed by atoms with Crippen LogP contribution in [-0.4, -0.2) is 37.1 Å². The Morgan fingerprint density at radius 1 is 1.28 bits per heavy atom. The lowest BCUT2D eigenvalue weighted by Crippen LogP contribution is -2.31. The van der Waals surface area contributed by atoms with Gasteiger partial charge in [-0.05, 0) is 48.4 Å². The van der Waals surface area contributed by atoms with Crippen LogP contribution in [0.5, 0.6) is 5.88 Å². The zero-order chi connectivity index (χ0) is 26.0. The summed E-state index contributed by atoms with van der Waals surface area (Å²) < 4.78 is 6.46. The van der Waals surface area contributed by atoms with E-state index in [0.29, 0.717) is 20.0 Å². The van der Waals surface area contributed by atoms with Gasteiger partial charge >= 0.3 is 0 Å². The van der Waals surface area contributed by atoms with Gasteiger partial charge in [0.2, 0.25) is 5.88 Å². The standard InChI is InChI=1S/C25H18ClN3O5S2/c1-14-18(12-27)22(31)29(13-17-3-2-10-34-17)24(33)21(14)19(30)8-9-28-23(32)20(36-25(28)35)11-15-4-6-16(26)7-5-15/h2-7,10-11,33H,8-9,13H2,1H3/b20-11-. The first kappa shape index (κ1) is 25.4. The second kappa shape index (κ2) is 10.5. The number of halogens is 1. The lowest BCUT2D eigenvalue weighted by molar-refractivity contribution is -0.122. The van der Waals surface area contributed by atoms with Crippen molar-refractivity contribution in [2.45, 2.75) is 19.9 Å². The fraction of sp³-hybridized carbons (Fsp3) is 0.160. The average Bonchev–Trinajstić information content (AvgIpc) is 3.45. The zero-order valence-electron chi connectivity index (χ0n) is 18.9. The topological polar surface area (TPSA) is 117 Å². The van der Waals surface area contributed by atoms with Crippen molar-refractivity contribution in [1.82, 2.24) is 9.47 Å². The van der Waals surface area contributed by atoms with Gasteiger partial charge in [-0.15, -0.1) is 0 Å². The average molecular weight is 540 g/mol. The molecule has 0 aliphatic carbocycles. The van der Waals surface area contributed by atoms with E-state index < -0.39 is 17.2 Å². The van der Waals surface area contributed by atoms with Gasteiger partial charge in [0, 0.05) is 18.0 Å². The molecule has 8 nitrogen and oxygen atoms in total. The molecule has 0 atom stereocenters. The predicted molar refractivity (Wildman–Crippen MR) is 140 cm³/mol. The maximum atomic E-state index is 13.2. The van der Waals surface area contributed by atoms with Crippen LogP contribution in [0.2, 0.25) is 5.02 Å². The van der Waals surface area contributed by atoms with Crippen molar-refractivity contribution in [3.05, 3.63) is 91.0 Å². The van der Waals surface area contributed by atoms with Crippen molar-refractivity contribution in [2.75, 3.05) is 6.54 Å². The van der Waals surface area contributed by atoms with Gasteiger partial charge in [0.25, 0.3) is 11.5 Å². The molecule has 11 heteroatoms. The van der Waals surface area contributed by atoms with Gasteiger partial charge < -0.3 is 9.52 Å². The smallest absolute Gasteiger partial charge is 0.271 e. The summed E-state index contributed by atoms with van der Waals surface area (Å²) in [6, 6.07) is 12.0.